The van der Waals surface area contributed by atoms with Gasteiger partial charge in [0.2, 0.25) is 11.8 Å². The van der Waals surface area contributed by atoms with Gasteiger partial charge in [0.15, 0.2) is 5.75 Å². The summed E-state index contributed by atoms with van der Waals surface area (Å²) in [6, 6.07) is 15.5. The number of esters is 1. The minimum atomic E-state index is -0.531. The van der Waals surface area contributed by atoms with Gasteiger partial charge < -0.3 is 4.74 Å². The van der Waals surface area contributed by atoms with Crippen LogP contribution in [0.15, 0.2) is 72.9 Å². The third-order valence-electron chi connectivity index (χ3n) is 5.67. The maximum absolute atomic E-state index is 12.7. The van der Waals surface area contributed by atoms with Gasteiger partial charge in [0, 0.05) is 11.6 Å². The Morgan fingerprint density at radius 2 is 1.57 bits per heavy atom. The highest BCUT2D eigenvalue weighted by atomic mass is 16.5. The first kappa shape index (κ1) is 18.2. The molecule has 5 rings (SSSR count). The van der Waals surface area contributed by atoms with E-state index in [0.717, 1.165) is 5.39 Å². The highest BCUT2D eigenvalue weighted by molar-refractivity contribution is 6.22. The van der Waals surface area contributed by atoms with Gasteiger partial charge in [0.05, 0.1) is 23.1 Å². The Balaban J connectivity index is 1.37. The number of anilines is 1. The van der Waals surface area contributed by atoms with E-state index in [1.165, 1.54) is 4.90 Å². The van der Waals surface area contributed by atoms with Crippen LogP contribution in [0.1, 0.15) is 23.2 Å². The number of benzene rings is 2. The number of rotatable bonds is 3. The molecule has 0 bridgehead atoms. The lowest BCUT2D eigenvalue weighted by atomic mass is 9.85. The molecule has 1 fully saturated rings. The van der Waals surface area contributed by atoms with Crippen LogP contribution in [0.4, 0.5) is 5.69 Å². The molecule has 1 aromatic heterocycles. The minimum absolute atomic E-state index is 0.175. The molecule has 1 aliphatic carbocycles. The predicted molar refractivity (Wildman–Crippen MR) is 111 cm³/mol. The summed E-state index contributed by atoms with van der Waals surface area (Å²) in [5, 5.41) is 0.875. The van der Waals surface area contributed by atoms with Crippen molar-refractivity contribution in [3.63, 3.8) is 0 Å². The molecule has 2 atom stereocenters. The minimum Gasteiger partial charge on any atom is -0.421 e. The number of allylic oxidation sites excluding steroid dienone is 2. The van der Waals surface area contributed by atoms with Gasteiger partial charge in [0.1, 0.15) is 5.52 Å². The largest absolute Gasteiger partial charge is 0.421 e. The molecule has 6 nitrogen and oxygen atoms in total. The van der Waals surface area contributed by atoms with Gasteiger partial charge in [-0.25, -0.2) is 4.79 Å². The first-order chi connectivity index (χ1) is 14.6. The van der Waals surface area contributed by atoms with E-state index in [0.29, 0.717) is 35.4 Å². The fourth-order valence-electron chi connectivity index (χ4n) is 4.12. The van der Waals surface area contributed by atoms with Crippen LogP contribution in [-0.4, -0.2) is 22.8 Å². The molecular formula is C24H18N2O4. The Labute approximate surface area is 172 Å². The number of imide groups is 1. The Morgan fingerprint density at radius 3 is 2.27 bits per heavy atom. The lowest BCUT2D eigenvalue weighted by Gasteiger charge is -2.15. The average molecular weight is 398 g/mol. The number of aromatic nitrogens is 1. The molecule has 0 saturated carbocycles. The van der Waals surface area contributed by atoms with Gasteiger partial charge in [-0.15, -0.1) is 0 Å². The lowest BCUT2D eigenvalue weighted by Crippen LogP contribution is -2.30. The molecule has 2 unspecified atom stereocenters. The summed E-state index contributed by atoms with van der Waals surface area (Å²) in [6.07, 6.45) is 6.74. The topological polar surface area (TPSA) is 76.6 Å². The number of fused-ring (bicyclic) bond motifs is 2. The van der Waals surface area contributed by atoms with Gasteiger partial charge in [-0.3, -0.25) is 19.5 Å². The number of ether oxygens (including phenoxy) is 1. The zero-order valence-corrected chi connectivity index (χ0v) is 16.0. The molecule has 3 aromatic rings. The highest BCUT2D eigenvalue weighted by Gasteiger charge is 2.47. The quantitative estimate of drug-likeness (QED) is 0.289. The average Bonchev–Trinajstić information content (AvgIpc) is 3.04. The number of hydrogen-bond acceptors (Lipinski definition) is 5. The normalized spacial score (nSPS) is 20.5. The SMILES string of the molecule is O=C(Oc1cccc2cccnc12)c1ccc(N2C(=O)C3CC=CCC3C2=O)cc1. The van der Waals surface area contributed by atoms with Crippen LogP contribution >= 0.6 is 0 Å². The van der Waals surface area contributed by atoms with Crippen molar-refractivity contribution in [2.75, 3.05) is 4.90 Å². The Kier molecular flexibility index (Phi) is 4.39. The maximum atomic E-state index is 12.7. The van der Waals surface area contributed by atoms with Crippen molar-refractivity contribution in [1.29, 1.82) is 0 Å². The Bertz CT molecular complexity index is 1170. The number of pyridine rings is 1. The van der Waals surface area contributed by atoms with Crippen molar-refractivity contribution in [2.24, 2.45) is 11.8 Å². The number of hydrogen-bond donors (Lipinski definition) is 0. The fourth-order valence-corrected chi connectivity index (χ4v) is 4.12. The van der Waals surface area contributed by atoms with Crippen molar-refractivity contribution >= 4 is 34.4 Å². The van der Waals surface area contributed by atoms with Crippen molar-refractivity contribution in [1.82, 2.24) is 4.98 Å². The molecule has 1 aliphatic heterocycles. The predicted octanol–water partition coefficient (Wildman–Crippen LogP) is 3.91. The van der Waals surface area contributed by atoms with Crippen molar-refractivity contribution in [2.45, 2.75) is 12.8 Å². The van der Waals surface area contributed by atoms with E-state index in [4.69, 9.17) is 4.74 Å². The lowest BCUT2D eigenvalue weighted by molar-refractivity contribution is -0.122. The van der Waals surface area contributed by atoms with Crippen LogP contribution in [0.5, 0.6) is 5.75 Å². The van der Waals surface area contributed by atoms with Gasteiger partial charge in [-0.1, -0.05) is 30.4 Å². The van der Waals surface area contributed by atoms with E-state index < -0.39 is 5.97 Å². The second-order valence-corrected chi connectivity index (χ2v) is 7.44. The van der Waals surface area contributed by atoms with Crippen LogP contribution in [0.2, 0.25) is 0 Å². The summed E-state index contributed by atoms with van der Waals surface area (Å²) in [5.41, 5.74) is 1.40. The van der Waals surface area contributed by atoms with Crippen LogP contribution in [0.3, 0.4) is 0 Å². The van der Waals surface area contributed by atoms with Crippen LogP contribution < -0.4 is 9.64 Å². The summed E-state index contributed by atoms with van der Waals surface area (Å²) < 4.78 is 5.54. The standard InChI is InChI=1S/C24H18N2O4/c27-22-18-7-1-2-8-19(18)23(28)26(22)17-12-10-16(11-13-17)24(29)30-20-9-3-5-15-6-4-14-25-21(15)20/h1-6,9-14,18-19H,7-8H2. The summed E-state index contributed by atoms with van der Waals surface area (Å²) in [7, 11) is 0. The molecule has 0 spiro atoms. The second-order valence-electron chi connectivity index (χ2n) is 7.44. The number of carbonyl (C=O) groups excluding carboxylic acids is 3. The molecular weight excluding hydrogens is 380 g/mol. The van der Waals surface area contributed by atoms with Gasteiger partial charge in [0.25, 0.3) is 0 Å². The van der Waals surface area contributed by atoms with E-state index >= 15 is 0 Å². The number of carbonyl (C=O) groups is 3. The molecule has 2 heterocycles. The molecule has 148 valence electrons. The van der Waals surface area contributed by atoms with E-state index in [1.807, 2.05) is 30.4 Å². The summed E-state index contributed by atoms with van der Waals surface area (Å²) >= 11 is 0. The van der Waals surface area contributed by atoms with E-state index in [9.17, 15) is 14.4 Å². The second kappa shape index (κ2) is 7.22. The monoisotopic (exact) mass is 398 g/mol. The van der Waals surface area contributed by atoms with Crippen molar-refractivity contribution in [3.8, 4) is 5.75 Å². The molecule has 1 saturated heterocycles. The third-order valence-corrected chi connectivity index (χ3v) is 5.67. The molecule has 30 heavy (non-hydrogen) atoms. The van der Waals surface area contributed by atoms with Crippen LogP contribution in [0, 0.1) is 11.8 Å². The fraction of sp³-hybridized carbons (Fsp3) is 0.167. The summed E-state index contributed by atoms with van der Waals surface area (Å²) in [6.45, 7) is 0. The molecule has 2 amide bonds. The van der Waals surface area contributed by atoms with Crippen LogP contribution in [-0.2, 0) is 9.59 Å². The summed E-state index contributed by atoms with van der Waals surface area (Å²) in [4.78, 5) is 43.6. The smallest absolute Gasteiger partial charge is 0.343 e. The van der Waals surface area contributed by atoms with Crippen LogP contribution in [0.25, 0.3) is 10.9 Å². The molecule has 0 radical (unpaired) electrons. The molecule has 2 aromatic carbocycles. The van der Waals surface area contributed by atoms with Crippen molar-refractivity contribution < 1.29 is 19.1 Å². The number of para-hydroxylation sites is 1. The zero-order chi connectivity index (χ0) is 20.7. The van der Waals surface area contributed by atoms with Gasteiger partial charge in [-0.05, 0) is 49.2 Å². The molecule has 0 N–H and O–H groups in total. The zero-order valence-electron chi connectivity index (χ0n) is 16.0. The summed E-state index contributed by atoms with van der Waals surface area (Å²) in [5.74, 6) is -1.07. The van der Waals surface area contributed by atoms with Crippen molar-refractivity contribution in [3.05, 3.63) is 78.5 Å². The van der Waals surface area contributed by atoms with Gasteiger partial charge in [-0.2, -0.15) is 0 Å². The number of nitrogens with zero attached hydrogens (tertiary/aromatic N) is 2. The highest BCUT2D eigenvalue weighted by Crippen LogP contribution is 2.37. The number of amides is 2. The maximum Gasteiger partial charge on any atom is 0.343 e. The van der Waals surface area contributed by atoms with E-state index in [2.05, 4.69) is 4.98 Å². The molecule has 2 aliphatic rings. The first-order valence-corrected chi connectivity index (χ1v) is 9.82. The Morgan fingerprint density at radius 1 is 0.900 bits per heavy atom. The van der Waals surface area contributed by atoms with E-state index in [-0.39, 0.29) is 23.7 Å². The Hall–Kier alpha value is -3.80. The van der Waals surface area contributed by atoms with E-state index in [1.54, 1.807) is 42.6 Å². The third kappa shape index (κ3) is 2.97. The molecule has 6 heteroatoms. The first-order valence-electron chi connectivity index (χ1n) is 9.82. The van der Waals surface area contributed by atoms with Gasteiger partial charge >= 0.3 is 5.97 Å².